The van der Waals surface area contributed by atoms with Crippen LogP contribution in [0.15, 0.2) is 24.3 Å². The number of fused-ring (bicyclic) bond motifs is 1. The smallest absolute Gasteiger partial charge is 0.241 e. The summed E-state index contributed by atoms with van der Waals surface area (Å²) in [5, 5.41) is 3.38. The molecule has 1 aliphatic rings. The van der Waals surface area contributed by atoms with E-state index in [2.05, 4.69) is 15.3 Å². The molecule has 1 aromatic carbocycles. The lowest BCUT2D eigenvalue weighted by atomic mass is 9.76. The molecule has 1 heterocycles. The van der Waals surface area contributed by atoms with Crippen molar-refractivity contribution in [2.75, 3.05) is 7.05 Å². The van der Waals surface area contributed by atoms with E-state index in [0.29, 0.717) is 0 Å². The largest absolute Gasteiger partial charge is 0.366 e. The van der Waals surface area contributed by atoms with Crippen molar-refractivity contribution >= 4 is 23.0 Å². The molecule has 1 saturated carbocycles. The van der Waals surface area contributed by atoms with Gasteiger partial charge in [-0.25, -0.2) is 4.98 Å². The summed E-state index contributed by atoms with van der Waals surface area (Å²) in [5.41, 5.74) is 7.96. The van der Waals surface area contributed by atoms with Crippen LogP contribution < -0.4 is 11.1 Å². The first kappa shape index (κ1) is 12.9. The number of hydrogen-bond donors (Lipinski definition) is 3. The number of rotatable bonds is 4. The average molecular weight is 270 g/mol. The lowest BCUT2D eigenvalue weighted by Crippen LogP contribution is -2.46. The number of aromatic amines is 1. The number of nitrogens with one attached hydrogen (secondary N) is 2. The molecule has 0 atom stereocenters. The van der Waals surface area contributed by atoms with Crippen LogP contribution in [0, 0.1) is 0 Å². The summed E-state index contributed by atoms with van der Waals surface area (Å²) in [6, 6.07) is 5.87. The number of nitrogens with zero attached hydrogens (tertiary/aromatic N) is 1. The van der Waals surface area contributed by atoms with Crippen LogP contribution in [0.4, 0.5) is 0 Å². The Bertz CT molecular complexity index is 677. The summed E-state index contributed by atoms with van der Waals surface area (Å²) in [7, 11) is 1.98. The third-order valence-corrected chi connectivity index (χ3v) is 4.08. The molecule has 3 rings (SSSR count). The second-order valence-electron chi connectivity index (χ2n) is 5.28. The van der Waals surface area contributed by atoms with Crippen molar-refractivity contribution in [1.82, 2.24) is 15.3 Å². The predicted molar refractivity (Wildman–Crippen MR) is 78.9 cm³/mol. The van der Waals surface area contributed by atoms with Crippen LogP contribution >= 0.6 is 0 Å². The molecule has 5 nitrogen and oxygen atoms in total. The molecule has 20 heavy (non-hydrogen) atoms. The Morgan fingerprint density at radius 1 is 1.50 bits per heavy atom. The van der Waals surface area contributed by atoms with Gasteiger partial charge in [0.1, 0.15) is 5.82 Å². The minimum Gasteiger partial charge on any atom is -0.366 e. The van der Waals surface area contributed by atoms with Gasteiger partial charge >= 0.3 is 0 Å². The molecule has 0 radical (unpaired) electrons. The molecule has 0 bridgehead atoms. The maximum atomic E-state index is 10.8. The van der Waals surface area contributed by atoms with Crippen LogP contribution in [0.1, 0.15) is 30.7 Å². The zero-order chi connectivity index (χ0) is 14.2. The monoisotopic (exact) mass is 270 g/mol. The maximum absolute atomic E-state index is 10.8. The first-order valence-electron chi connectivity index (χ1n) is 6.80. The number of benzene rings is 1. The molecule has 1 amide bonds. The second kappa shape index (κ2) is 4.76. The molecule has 1 aromatic heterocycles. The van der Waals surface area contributed by atoms with Gasteiger partial charge in [0, 0.05) is 6.08 Å². The predicted octanol–water partition coefficient (Wildman–Crippen LogP) is 1.66. The molecule has 0 saturated heterocycles. The zero-order valence-corrected chi connectivity index (χ0v) is 11.4. The van der Waals surface area contributed by atoms with Crippen LogP contribution in [0.3, 0.4) is 0 Å². The highest BCUT2D eigenvalue weighted by Gasteiger charge is 2.39. The van der Waals surface area contributed by atoms with Gasteiger partial charge < -0.3 is 16.0 Å². The summed E-state index contributed by atoms with van der Waals surface area (Å²) < 4.78 is 0. The fourth-order valence-electron chi connectivity index (χ4n) is 2.67. The van der Waals surface area contributed by atoms with Crippen molar-refractivity contribution in [1.29, 1.82) is 0 Å². The Labute approximate surface area is 117 Å². The summed E-state index contributed by atoms with van der Waals surface area (Å²) >= 11 is 0. The van der Waals surface area contributed by atoms with E-state index in [0.717, 1.165) is 35.3 Å². The highest BCUT2D eigenvalue weighted by atomic mass is 16.1. The van der Waals surface area contributed by atoms with E-state index < -0.39 is 5.91 Å². The van der Waals surface area contributed by atoms with Gasteiger partial charge in [-0.3, -0.25) is 4.79 Å². The lowest BCUT2D eigenvalue weighted by Gasteiger charge is -2.39. The molecule has 104 valence electrons. The molecule has 5 heteroatoms. The summed E-state index contributed by atoms with van der Waals surface area (Å²) in [6.07, 6.45) is 6.51. The highest BCUT2D eigenvalue weighted by molar-refractivity contribution is 5.91. The lowest BCUT2D eigenvalue weighted by molar-refractivity contribution is -0.113. The molecule has 2 aromatic rings. The van der Waals surface area contributed by atoms with Crippen LogP contribution in [-0.4, -0.2) is 22.9 Å². The van der Waals surface area contributed by atoms with E-state index in [1.165, 1.54) is 12.5 Å². The van der Waals surface area contributed by atoms with Crippen LogP contribution in [0.5, 0.6) is 0 Å². The standard InChI is InChI=1S/C15H18N4O/c1-17-15(7-2-8-15)14-18-11-5-3-10(4-6-13(16)20)9-12(11)19-14/h3-6,9,17H,2,7-8H2,1H3,(H2,16,20)(H,18,19)/b6-4+. The molecule has 4 N–H and O–H groups in total. The van der Waals surface area contributed by atoms with Crippen molar-refractivity contribution in [2.24, 2.45) is 5.73 Å². The highest BCUT2D eigenvalue weighted by Crippen LogP contribution is 2.40. The number of carbonyl (C=O) groups excluding carboxylic acids is 1. The van der Waals surface area contributed by atoms with Crippen molar-refractivity contribution in [2.45, 2.75) is 24.8 Å². The van der Waals surface area contributed by atoms with Gasteiger partial charge in [-0.05, 0) is 50.1 Å². The number of imidazole rings is 1. The number of amides is 1. The number of hydrogen-bond acceptors (Lipinski definition) is 3. The molecule has 0 spiro atoms. The molecule has 1 fully saturated rings. The van der Waals surface area contributed by atoms with Crippen molar-refractivity contribution in [3.8, 4) is 0 Å². The summed E-state index contributed by atoms with van der Waals surface area (Å²) in [6.45, 7) is 0. The summed E-state index contributed by atoms with van der Waals surface area (Å²) in [5.74, 6) is 0.552. The van der Waals surface area contributed by atoms with E-state index in [4.69, 9.17) is 5.73 Å². The Hall–Kier alpha value is -2.14. The maximum Gasteiger partial charge on any atom is 0.241 e. The van der Waals surface area contributed by atoms with Gasteiger partial charge in [0.2, 0.25) is 5.91 Å². The Kier molecular flexibility index (Phi) is 3.06. The normalized spacial score (nSPS) is 17.4. The molecular weight excluding hydrogens is 252 g/mol. The van der Waals surface area contributed by atoms with Gasteiger partial charge in [-0.1, -0.05) is 6.07 Å². The third-order valence-electron chi connectivity index (χ3n) is 4.08. The SMILES string of the molecule is CNC1(c2nc3ccc(/C=C/C(N)=O)cc3[nH]2)CCC1. The fourth-order valence-corrected chi connectivity index (χ4v) is 2.67. The number of aromatic nitrogens is 2. The van der Waals surface area contributed by atoms with Crippen LogP contribution in [0.2, 0.25) is 0 Å². The number of nitrogens with two attached hydrogens (primary N) is 1. The topological polar surface area (TPSA) is 83.8 Å². The summed E-state index contributed by atoms with van der Waals surface area (Å²) in [4.78, 5) is 18.8. The van der Waals surface area contributed by atoms with Gasteiger partial charge in [0.25, 0.3) is 0 Å². The van der Waals surface area contributed by atoms with Crippen LogP contribution in [-0.2, 0) is 10.3 Å². The first-order chi connectivity index (χ1) is 9.63. The fraction of sp³-hybridized carbons (Fsp3) is 0.333. The van der Waals surface area contributed by atoms with Gasteiger partial charge in [-0.2, -0.15) is 0 Å². The van der Waals surface area contributed by atoms with Gasteiger partial charge in [0.15, 0.2) is 0 Å². The Morgan fingerprint density at radius 3 is 2.90 bits per heavy atom. The second-order valence-corrected chi connectivity index (χ2v) is 5.28. The van der Waals surface area contributed by atoms with Crippen molar-refractivity contribution in [3.63, 3.8) is 0 Å². The Balaban J connectivity index is 1.97. The van der Waals surface area contributed by atoms with Crippen molar-refractivity contribution < 1.29 is 4.79 Å². The molecule has 0 unspecified atom stereocenters. The molecule has 1 aliphatic carbocycles. The Morgan fingerprint density at radius 2 is 2.30 bits per heavy atom. The number of H-pyrrole nitrogens is 1. The van der Waals surface area contributed by atoms with E-state index in [9.17, 15) is 4.79 Å². The van der Waals surface area contributed by atoms with Crippen LogP contribution in [0.25, 0.3) is 17.1 Å². The minimum absolute atomic E-state index is 0.00223. The van der Waals surface area contributed by atoms with Gasteiger partial charge in [-0.15, -0.1) is 0 Å². The first-order valence-corrected chi connectivity index (χ1v) is 6.80. The quantitative estimate of drug-likeness (QED) is 0.739. The zero-order valence-electron chi connectivity index (χ0n) is 11.4. The minimum atomic E-state index is -0.445. The number of carbonyl (C=O) groups is 1. The van der Waals surface area contributed by atoms with Crippen molar-refractivity contribution in [3.05, 3.63) is 35.7 Å². The average Bonchev–Trinajstić information content (AvgIpc) is 2.78. The van der Waals surface area contributed by atoms with Gasteiger partial charge in [0.05, 0.1) is 16.6 Å². The van der Waals surface area contributed by atoms with E-state index in [-0.39, 0.29) is 5.54 Å². The third kappa shape index (κ3) is 2.10. The number of primary amides is 1. The van der Waals surface area contributed by atoms with E-state index in [1.54, 1.807) is 6.08 Å². The van der Waals surface area contributed by atoms with E-state index in [1.807, 2.05) is 25.2 Å². The molecule has 0 aliphatic heterocycles. The molecular formula is C15H18N4O. The van der Waals surface area contributed by atoms with E-state index >= 15 is 0 Å².